The van der Waals surface area contributed by atoms with E-state index in [0.29, 0.717) is 12.0 Å². The molecular weight excluding hydrogens is 207 g/mol. The molecule has 1 aromatic rings. The van der Waals surface area contributed by atoms with E-state index in [-0.39, 0.29) is 5.82 Å². The van der Waals surface area contributed by atoms with E-state index in [4.69, 9.17) is 5.11 Å². The first-order valence-corrected chi connectivity index (χ1v) is 5.54. The number of carboxylic acid groups (broad SMARTS) is 1. The molecule has 0 aromatic heterocycles. The summed E-state index contributed by atoms with van der Waals surface area (Å²) >= 11 is 0. The summed E-state index contributed by atoms with van der Waals surface area (Å²) in [5.41, 5.74) is 1.33. The maximum Gasteiger partial charge on any atom is 0.310 e. The van der Waals surface area contributed by atoms with Gasteiger partial charge in [0.25, 0.3) is 0 Å². The third-order valence-electron chi connectivity index (χ3n) is 2.61. The van der Waals surface area contributed by atoms with Gasteiger partial charge in [0, 0.05) is 0 Å². The number of benzene rings is 1. The van der Waals surface area contributed by atoms with Gasteiger partial charge in [-0.15, -0.1) is 0 Å². The van der Waals surface area contributed by atoms with Gasteiger partial charge >= 0.3 is 5.97 Å². The van der Waals surface area contributed by atoms with Crippen molar-refractivity contribution in [2.75, 3.05) is 0 Å². The number of hydrogen-bond donors (Lipinski definition) is 1. The maximum absolute atomic E-state index is 13.2. The van der Waals surface area contributed by atoms with Crippen molar-refractivity contribution in [3.63, 3.8) is 0 Å². The normalized spacial score (nSPS) is 12.4. The van der Waals surface area contributed by atoms with Crippen molar-refractivity contribution in [1.82, 2.24) is 0 Å². The van der Waals surface area contributed by atoms with Gasteiger partial charge in [0.2, 0.25) is 0 Å². The van der Waals surface area contributed by atoms with Crippen molar-refractivity contribution >= 4 is 5.97 Å². The minimum Gasteiger partial charge on any atom is -0.481 e. The lowest BCUT2D eigenvalue weighted by molar-refractivity contribution is -0.139. The number of hydrogen-bond acceptors (Lipinski definition) is 1. The molecule has 0 heterocycles. The number of halogens is 1. The molecule has 0 aliphatic heterocycles. The Balaban J connectivity index is 2.96. The van der Waals surface area contributed by atoms with Gasteiger partial charge in [0.05, 0.1) is 5.92 Å². The Morgan fingerprint density at radius 1 is 1.44 bits per heavy atom. The lowest BCUT2D eigenvalue weighted by Gasteiger charge is -2.13. The molecule has 88 valence electrons. The van der Waals surface area contributed by atoms with Crippen LogP contribution < -0.4 is 0 Å². The van der Waals surface area contributed by atoms with Gasteiger partial charge in [-0.3, -0.25) is 4.79 Å². The van der Waals surface area contributed by atoms with Gasteiger partial charge < -0.3 is 5.11 Å². The van der Waals surface area contributed by atoms with Gasteiger partial charge in [0.1, 0.15) is 5.82 Å². The van der Waals surface area contributed by atoms with Crippen LogP contribution in [0.1, 0.15) is 43.2 Å². The highest BCUT2D eigenvalue weighted by Crippen LogP contribution is 2.24. The zero-order valence-electron chi connectivity index (χ0n) is 9.66. The van der Waals surface area contributed by atoms with Crippen LogP contribution in [-0.2, 0) is 4.79 Å². The topological polar surface area (TPSA) is 37.3 Å². The van der Waals surface area contributed by atoms with Crippen molar-refractivity contribution in [2.24, 2.45) is 0 Å². The van der Waals surface area contributed by atoms with Crippen LogP contribution in [0.5, 0.6) is 0 Å². The Morgan fingerprint density at radius 2 is 2.12 bits per heavy atom. The van der Waals surface area contributed by atoms with E-state index in [0.717, 1.165) is 18.4 Å². The quantitative estimate of drug-likeness (QED) is 0.831. The Kier molecular flexibility index (Phi) is 4.47. The molecule has 2 nitrogen and oxygen atoms in total. The van der Waals surface area contributed by atoms with Crippen molar-refractivity contribution in [3.8, 4) is 0 Å². The molecule has 1 rings (SSSR count). The van der Waals surface area contributed by atoms with Crippen molar-refractivity contribution in [1.29, 1.82) is 0 Å². The van der Waals surface area contributed by atoms with E-state index in [2.05, 4.69) is 0 Å². The highest BCUT2D eigenvalue weighted by molar-refractivity contribution is 5.76. The predicted octanol–water partition coefficient (Wildman–Crippen LogP) is 3.49. The molecule has 0 fully saturated rings. The Bertz CT molecular complexity index is 354. The molecule has 0 bridgehead atoms. The number of aliphatic carboxylic acids is 1. The number of carboxylic acids is 1. The molecule has 0 amide bonds. The molecule has 1 atom stereocenters. The summed E-state index contributed by atoms with van der Waals surface area (Å²) in [6, 6.07) is 4.47. The van der Waals surface area contributed by atoms with Crippen LogP contribution in [0.4, 0.5) is 4.39 Å². The first kappa shape index (κ1) is 12.7. The summed E-state index contributed by atoms with van der Waals surface area (Å²) in [6.45, 7) is 3.78. The molecule has 0 saturated heterocycles. The second-order valence-corrected chi connectivity index (χ2v) is 4.09. The van der Waals surface area contributed by atoms with Gasteiger partial charge in [-0.25, -0.2) is 4.39 Å². The summed E-state index contributed by atoms with van der Waals surface area (Å²) in [5, 5.41) is 9.11. The van der Waals surface area contributed by atoms with Crippen molar-refractivity contribution in [2.45, 2.75) is 39.0 Å². The second kappa shape index (κ2) is 5.64. The average Bonchev–Trinajstić information content (AvgIpc) is 2.16. The van der Waals surface area contributed by atoms with Crippen LogP contribution in [0.3, 0.4) is 0 Å². The van der Waals surface area contributed by atoms with E-state index in [1.165, 1.54) is 12.1 Å². The van der Waals surface area contributed by atoms with Crippen molar-refractivity contribution < 1.29 is 14.3 Å². The van der Waals surface area contributed by atoms with Crippen LogP contribution in [0.2, 0.25) is 0 Å². The van der Waals surface area contributed by atoms with Gasteiger partial charge in [-0.2, -0.15) is 0 Å². The number of carbonyl (C=O) groups is 1. The fourth-order valence-electron chi connectivity index (χ4n) is 1.81. The molecule has 1 unspecified atom stereocenters. The van der Waals surface area contributed by atoms with E-state index in [9.17, 15) is 9.18 Å². The van der Waals surface area contributed by atoms with E-state index in [1.807, 2.05) is 6.92 Å². The first-order valence-electron chi connectivity index (χ1n) is 5.54. The smallest absolute Gasteiger partial charge is 0.310 e. The average molecular weight is 224 g/mol. The monoisotopic (exact) mass is 224 g/mol. The molecule has 3 heteroatoms. The van der Waals surface area contributed by atoms with Gasteiger partial charge in [-0.05, 0) is 36.6 Å². The summed E-state index contributed by atoms with van der Waals surface area (Å²) in [5.74, 6) is -1.83. The Morgan fingerprint density at radius 3 is 2.62 bits per heavy atom. The standard InChI is InChI=1S/C13H17FO2/c1-3-4-5-12(13(15)16)10-6-9(2)7-11(14)8-10/h6-8,12H,3-5H2,1-2H3,(H,15,16). The highest BCUT2D eigenvalue weighted by atomic mass is 19.1. The molecule has 16 heavy (non-hydrogen) atoms. The van der Waals surface area contributed by atoms with E-state index < -0.39 is 11.9 Å². The van der Waals surface area contributed by atoms with Gasteiger partial charge in [-0.1, -0.05) is 25.8 Å². The first-order chi connectivity index (χ1) is 7.54. The molecule has 0 spiro atoms. The lowest BCUT2D eigenvalue weighted by atomic mass is 9.92. The predicted molar refractivity (Wildman–Crippen MR) is 61.0 cm³/mol. The highest BCUT2D eigenvalue weighted by Gasteiger charge is 2.19. The molecule has 0 saturated carbocycles. The largest absolute Gasteiger partial charge is 0.481 e. The Labute approximate surface area is 95.1 Å². The molecule has 0 radical (unpaired) electrons. The van der Waals surface area contributed by atoms with Crippen LogP contribution in [0.15, 0.2) is 18.2 Å². The lowest BCUT2D eigenvalue weighted by Crippen LogP contribution is -2.12. The summed E-state index contributed by atoms with van der Waals surface area (Å²) in [7, 11) is 0. The third kappa shape index (κ3) is 3.33. The minimum atomic E-state index is -0.876. The summed E-state index contributed by atoms with van der Waals surface area (Å²) in [6.07, 6.45) is 2.35. The Hall–Kier alpha value is -1.38. The van der Waals surface area contributed by atoms with E-state index >= 15 is 0 Å². The minimum absolute atomic E-state index is 0.363. The summed E-state index contributed by atoms with van der Waals surface area (Å²) < 4.78 is 13.2. The van der Waals surface area contributed by atoms with Crippen LogP contribution in [-0.4, -0.2) is 11.1 Å². The molecule has 0 aliphatic rings. The SMILES string of the molecule is CCCCC(C(=O)O)c1cc(C)cc(F)c1. The maximum atomic E-state index is 13.2. The third-order valence-corrected chi connectivity index (χ3v) is 2.61. The number of aryl methyl sites for hydroxylation is 1. The molecular formula is C13H17FO2. The van der Waals surface area contributed by atoms with Crippen molar-refractivity contribution in [3.05, 3.63) is 35.1 Å². The number of unbranched alkanes of at least 4 members (excludes halogenated alkanes) is 1. The van der Waals surface area contributed by atoms with Gasteiger partial charge in [0.15, 0.2) is 0 Å². The summed E-state index contributed by atoms with van der Waals surface area (Å²) in [4.78, 5) is 11.1. The molecule has 1 aromatic carbocycles. The zero-order chi connectivity index (χ0) is 12.1. The second-order valence-electron chi connectivity index (χ2n) is 4.09. The number of rotatable bonds is 5. The fourth-order valence-corrected chi connectivity index (χ4v) is 1.81. The van der Waals surface area contributed by atoms with Crippen LogP contribution >= 0.6 is 0 Å². The molecule has 1 N–H and O–H groups in total. The zero-order valence-corrected chi connectivity index (χ0v) is 9.66. The molecule has 0 aliphatic carbocycles. The van der Waals surface area contributed by atoms with Crippen LogP contribution in [0.25, 0.3) is 0 Å². The van der Waals surface area contributed by atoms with Crippen LogP contribution in [0, 0.1) is 12.7 Å². The van der Waals surface area contributed by atoms with E-state index in [1.54, 1.807) is 13.0 Å². The fraction of sp³-hybridized carbons (Fsp3) is 0.462.